The molecule has 0 bridgehead atoms. The quantitative estimate of drug-likeness (QED) is 0.585. The third-order valence-electron chi connectivity index (χ3n) is 3.11. The fraction of sp³-hybridized carbons (Fsp3) is 0.385. The Labute approximate surface area is 87.3 Å². The fourth-order valence-corrected chi connectivity index (χ4v) is 2.18. The molecule has 0 aromatic heterocycles. The van der Waals surface area contributed by atoms with E-state index in [1.807, 2.05) is 0 Å². The van der Waals surface area contributed by atoms with Gasteiger partial charge in [0.05, 0.1) is 0 Å². The second-order valence-electron chi connectivity index (χ2n) is 4.58. The van der Waals surface area contributed by atoms with Crippen LogP contribution in [-0.2, 0) is 5.41 Å². The molecule has 0 amide bonds. The van der Waals surface area contributed by atoms with Crippen molar-refractivity contribution in [3.63, 3.8) is 0 Å². The van der Waals surface area contributed by atoms with Crippen molar-refractivity contribution in [1.82, 2.24) is 0 Å². The van der Waals surface area contributed by atoms with E-state index in [2.05, 4.69) is 58.3 Å². The van der Waals surface area contributed by atoms with Crippen LogP contribution >= 0.6 is 0 Å². The maximum absolute atomic E-state index is 2.35. The number of hydrogen-bond donors (Lipinski definition) is 0. The standard InChI is InChI=1S/C13H16B/c1-13(2)9-8-12(14-3)10-6-4-5-7-11(10)13/h4-8H,9H2,1-3H3. The summed E-state index contributed by atoms with van der Waals surface area (Å²) < 4.78 is 0. The number of hydrogen-bond acceptors (Lipinski definition) is 0. The summed E-state index contributed by atoms with van der Waals surface area (Å²) in [5, 5.41) is 0. The van der Waals surface area contributed by atoms with Gasteiger partial charge in [0.2, 0.25) is 0 Å². The number of rotatable bonds is 1. The number of fused-ring (bicyclic) bond motifs is 1. The van der Waals surface area contributed by atoms with Crippen LogP contribution in [0.2, 0.25) is 6.82 Å². The Morgan fingerprint density at radius 1 is 1.21 bits per heavy atom. The smallest absolute Gasteiger partial charge is 0.0894 e. The van der Waals surface area contributed by atoms with Gasteiger partial charge in [-0.25, -0.2) is 0 Å². The summed E-state index contributed by atoms with van der Waals surface area (Å²) in [7, 11) is 2.20. The van der Waals surface area contributed by atoms with E-state index < -0.39 is 0 Å². The Morgan fingerprint density at radius 3 is 2.64 bits per heavy atom. The highest BCUT2D eigenvalue weighted by atomic mass is 14.3. The molecule has 0 N–H and O–H groups in total. The van der Waals surface area contributed by atoms with Gasteiger partial charge in [-0.3, -0.25) is 0 Å². The molecular weight excluding hydrogens is 167 g/mol. The first kappa shape index (κ1) is 9.58. The molecule has 1 aliphatic rings. The lowest BCUT2D eigenvalue weighted by molar-refractivity contribution is 0.528. The molecule has 0 saturated carbocycles. The van der Waals surface area contributed by atoms with Crippen LogP contribution in [0.25, 0.3) is 5.47 Å². The monoisotopic (exact) mass is 183 g/mol. The predicted octanol–water partition coefficient (Wildman–Crippen LogP) is 3.46. The van der Waals surface area contributed by atoms with E-state index in [-0.39, 0.29) is 0 Å². The minimum Gasteiger partial charge on any atom is -0.0894 e. The zero-order valence-electron chi connectivity index (χ0n) is 9.17. The first-order valence-corrected chi connectivity index (χ1v) is 5.24. The zero-order chi connectivity index (χ0) is 10.2. The van der Waals surface area contributed by atoms with Gasteiger partial charge in [-0.2, -0.15) is 0 Å². The highest BCUT2D eigenvalue weighted by Crippen LogP contribution is 2.37. The van der Waals surface area contributed by atoms with Crippen LogP contribution in [0.1, 0.15) is 31.4 Å². The summed E-state index contributed by atoms with van der Waals surface area (Å²) in [6.45, 7) is 6.74. The Kier molecular flexibility index (Phi) is 2.26. The first-order chi connectivity index (χ1) is 6.65. The lowest BCUT2D eigenvalue weighted by Gasteiger charge is -2.31. The van der Waals surface area contributed by atoms with Crippen LogP contribution in [0.3, 0.4) is 0 Å². The van der Waals surface area contributed by atoms with Gasteiger partial charge >= 0.3 is 0 Å². The summed E-state index contributed by atoms with van der Waals surface area (Å²) in [5.74, 6) is 0. The van der Waals surface area contributed by atoms with Crippen LogP contribution < -0.4 is 0 Å². The molecule has 1 aromatic carbocycles. The summed E-state index contributed by atoms with van der Waals surface area (Å²) >= 11 is 0. The van der Waals surface area contributed by atoms with E-state index in [0.717, 1.165) is 6.42 Å². The van der Waals surface area contributed by atoms with E-state index in [0.29, 0.717) is 5.41 Å². The Morgan fingerprint density at radius 2 is 1.93 bits per heavy atom. The van der Waals surface area contributed by atoms with Gasteiger partial charge in [0.1, 0.15) is 7.28 Å². The van der Waals surface area contributed by atoms with Gasteiger partial charge in [-0.15, -0.1) is 0 Å². The number of allylic oxidation sites excluding steroid dienone is 1. The largest absolute Gasteiger partial charge is 0.148 e. The minimum absolute atomic E-state index is 0.295. The van der Waals surface area contributed by atoms with Crippen LogP contribution in [-0.4, -0.2) is 7.28 Å². The third kappa shape index (κ3) is 1.41. The maximum atomic E-state index is 2.35. The van der Waals surface area contributed by atoms with Crippen molar-refractivity contribution in [2.45, 2.75) is 32.5 Å². The molecule has 0 aliphatic heterocycles. The van der Waals surface area contributed by atoms with Crippen molar-refractivity contribution >= 4 is 12.8 Å². The molecule has 1 radical (unpaired) electrons. The van der Waals surface area contributed by atoms with Crippen LogP contribution in [0.4, 0.5) is 0 Å². The van der Waals surface area contributed by atoms with E-state index in [9.17, 15) is 0 Å². The van der Waals surface area contributed by atoms with Gasteiger partial charge < -0.3 is 0 Å². The minimum atomic E-state index is 0.295. The van der Waals surface area contributed by atoms with Gasteiger partial charge in [0, 0.05) is 0 Å². The lowest BCUT2D eigenvalue weighted by atomic mass is 9.61. The molecule has 0 heterocycles. The van der Waals surface area contributed by atoms with Crippen LogP contribution in [0.5, 0.6) is 0 Å². The second-order valence-corrected chi connectivity index (χ2v) is 4.58. The molecule has 0 unspecified atom stereocenters. The third-order valence-corrected chi connectivity index (χ3v) is 3.11. The topological polar surface area (TPSA) is 0 Å². The molecule has 0 saturated heterocycles. The van der Waals surface area contributed by atoms with Gasteiger partial charge in [-0.1, -0.05) is 56.5 Å². The molecule has 0 atom stereocenters. The maximum Gasteiger partial charge on any atom is 0.148 e. The average Bonchev–Trinajstić information content (AvgIpc) is 2.18. The van der Waals surface area contributed by atoms with Crippen molar-refractivity contribution in [2.24, 2.45) is 0 Å². The van der Waals surface area contributed by atoms with E-state index in [4.69, 9.17) is 0 Å². The molecule has 0 nitrogen and oxygen atoms in total. The molecule has 0 spiro atoms. The average molecular weight is 183 g/mol. The zero-order valence-corrected chi connectivity index (χ0v) is 9.17. The second kappa shape index (κ2) is 3.31. The van der Waals surface area contributed by atoms with E-state index in [1.165, 1.54) is 16.6 Å². The molecule has 14 heavy (non-hydrogen) atoms. The molecule has 1 aliphatic carbocycles. The van der Waals surface area contributed by atoms with Crippen molar-refractivity contribution in [3.8, 4) is 0 Å². The molecule has 1 heteroatoms. The van der Waals surface area contributed by atoms with Gasteiger partial charge in [-0.05, 0) is 23.0 Å². The molecule has 71 valence electrons. The highest BCUT2D eigenvalue weighted by Gasteiger charge is 2.26. The van der Waals surface area contributed by atoms with E-state index >= 15 is 0 Å². The SMILES string of the molecule is C[B]C1=CCC(C)(C)c2ccccc21. The Hall–Kier alpha value is -0.975. The van der Waals surface area contributed by atoms with Crippen LogP contribution in [0, 0.1) is 0 Å². The van der Waals surface area contributed by atoms with Crippen molar-refractivity contribution in [3.05, 3.63) is 41.5 Å². The Bertz CT molecular complexity index is 375. The fourth-order valence-electron chi connectivity index (χ4n) is 2.18. The van der Waals surface area contributed by atoms with Gasteiger partial charge in [0.15, 0.2) is 0 Å². The molecule has 1 aromatic rings. The molecular formula is C13H16B. The van der Waals surface area contributed by atoms with Crippen molar-refractivity contribution in [2.75, 3.05) is 0 Å². The van der Waals surface area contributed by atoms with Crippen molar-refractivity contribution < 1.29 is 0 Å². The number of benzene rings is 1. The van der Waals surface area contributed by atoms with Crippen LogP contribution in [0.15, 0.2) is 30.3 Å². The normalized spacial score (nSPS) is 18.4. The summed E-state index contributed by atoms with van der Waals surface area (Å²) in [5.41, 5.74) is 4.57. The molecule has 2 rings (SSSR count). The first-order valence-electron chi connectivity index (χ1n) is 5.24. The summed E-state index contributed by atoms with van der Waals surface area (Å²) in [6, 6.07) is 8.74. The Balaban J connectivity index is 2.58. The van der Waals surface area contributed by atoms with E-state index in [1.54, 1.807) is 0 Å². The lowest BCUT2D eigenvalue weighted by Crippen LogP contribution is -2.22. The van der Waals surface area contributed by atoms with Crippen molar-refractivity contribution in [1.29, 1.82) is 0 Å². The predicted molar refractivity (Wildman–Crippen MR) is 63.7 cm³/mol. The molecule has 0 fully saturated rings. The van der Waals surface area contributed by atoms with Gasteiger partial charge in [0.25, 0.3) is 0 Å². The summed E-state index contributed by atoms with van der Waals surface area (Å²) in [6.07, 6.45) is 3.49. The summed E-state index contributed by atoms with van der Waals surface area (Å²) in [4.78, 5) is 0. The highest BCUT2D eigenvalue weighted by molar-refractivity contribution is 6.59.